The van der Waals surface area contributed by atoms with Crippen molar-refractivity contribution in [2.24, 2.45) is 5.92 Å². The van der Waals surface area contributed by atoms with Gasteiger partial charge in [-0.2, -0.15) is 0 Å². The van der Waals surface area contributed by atoms with Crippen LogP contribution in [0.1, 0.15) is 63.3 Å². The molecule has 1 aromatic rings. The number of hydrogen-bond acceptors (Lipinski definition) is 2. The van der Waals surface area contributed by atoms with Gasteiger partial charge in [-0.1, -0.05) is 32.3 Å². The first-order chi connectivity index (χ1) is 8.31. The lowest BCUT2D eigenvalue weighted by atomic mass is 9.82. The molecule has 1 aliphatic carbocycles. The summed E-state index contributed by atoms with van der Waals surface area (Å²) < 4.78 is 0. The highest BCUT2D eigenvalue weighted by Crippen LogP contribution is 2.29. The lowest BCUT2D eigenvalue weighted by Crippen LogP contribution is -2.38. The van der Waals surface area contributed by atoms with Crippen LogP contribution < -0.4 is 5.32 Å². The third kappa shape index (κ3) is 3.56. The van der Waals surface area contributed by atoms with Gasteiger partial charge in [0.05, 0.1) is 0 Å². The molecular weight excluding hydrogens is 226 g/mol. The molecule has 0 saturated heterocycles. The van der Waals surface area contributed by atoms with E-state index in [-0.39, 0.29) is 0 Å². The zero-order valence-electron chi connectivity index (χ0n) is 11.1. The molecule has 0 bridgehead atoms. The van der Waals surface area contributed by atoms with E-state index in [1.807, 2.05) is 11.3 Å². The Labute approximate surface area is 110 Å². The van der Waals surface area contributed by atoms with Crippen LogP contribution in [0.2, 0.25) is 0 Å². The number of rotatable bonds is 5. The molecule has 17 heavy (non-hydrogen) atoms. The van der Waals surface area contributed by atoms with E-state index in [9.17, 15) is 0 Å². The monoisotopic (exact) mass is 251 g/mol. The zero-order chi connectivity index (χ0) is 12.1. The Hall–Kier alpha value is -0.340. The molecule has 0 radical (unpaired) electrons. The average Bonchev–Trinajstić information content (AvgIpc) is 2.90. The summed E-state index contributed by atoms with van der Waals surface area (Å²) in [5.41, 5.74) is 0. The fourth-order valence-corrected chi connectivity index (χ4v) is 3.81. The van der Waals surface area contributed by atoms with E-state index in [4.69, 9.17) is 0 Å². The molecule has 1 saturated carbocycles. The second-order valence-corrected chi connectivity index (χ2v) is 6.30. The molecular formula is C15H25NS. The van der Waals surface area contributed by atoms with Crippen molar-refractivity contribution >= 4 is 11.3 Å². The van der Waals surface area contributed by atoms with Gasteiger partial charge in [0.25, 0.3) is 0 Å². The fraction of sp³-hybridized carbons (Fsp3) is 0.733. The van der Waals surface area contributed by atoms with Crippen LogP contribution in [0.4, 0.5) is 0 Å². The first kappa shape index (κ1) is 13.1. The molecule has 2 atom stereocenters. The van der Waals surface area contributed by atoms with Gasteiger partial charge in [0.15, 0.2) is 0 Å². The van der Waals surface area contributed by atoms with Crippen molar-refractivity contribution in [3.05, 3.63) is 22.4 Å². The van der Waals surface area contributed by atoms with Gasteiger partial charge in [0.1, 0.15) is 0 Å². The van der Waals surface area contributed by atoms with Gasteiger partial charge in [0.2, 0.25) is 0 Å². The van der Waals surface area contributed by atoms with Gasteiger partial charge in [-0.25, -0.2) is 0 Å². The quantitative estimate of drug-likeness (QED) is 0.795. The molecule has 1 N–H and O–H groups in total. The van der Waals surface area contributed by atoms with Gasteiger partial charge < -0.3 is 5.32 Å². The predicted octanol–water partition coefficient (Wildman–Crippen LogP) is 4.76. The van der Waals surface area contributed by atoms with Crippen LogP contribution in [0.3, 0.4) is 0 Å². The third-order valence-corrected chi connectivity index (χ3v) is 5.15. The summed E-state index contributed by atoms with van der Waals surface area (Å²) in [6.07, 6.45) is 8.46. The Morgan fingerprint density at radius 2 is 2.12 bits per heavy atom. The molecule has 1 fully saturated rings. The second-order valence-electron chi connectivity index (χ2n) is 5.32. The third-order valence-electron chi connectivity index (χ3n) is 4.09. The van der Waals surface area contributed by atoms with E-state index in [0.29, 0.717) is 12.1 Å². The topological polar surface area (TPSA) is 12.0 Å². The van der Waals surface area contributed by atoms with Gasteiger partial charge in [-0.05, 0) is 43.6 Å². The van der Waals surface area contributed by atoms with Crippen molar-refractivity contribution in [2.75, 3.05) is 0 Å². The average molecular weight is 251 g/mol. The molecule has 1 nitrogen and oxygen atoms in total. The number of thiophene rings is 1. The van der Waals surface area contributed by atoms with Crippen molar-refractivity contribution in [3.63, 3.8) is 0 Å². The highest BCUT2D eigenvalue weighted by Gasteiger charge is 2.23. The van der Waals surface area contributed by atoms with Gasteiger partial charge >= 0.3 is 0 Å². The molecule has 96 valence electrons. The summed E-state index contributed by atoms with van der Waals surface area (Å²) in [6, 6.07) is 5.63. The molecule has 0 aromatic carbocycles. The standard InChI is InChI=1S/C15H25NS/c1-3-14(13-8-5-4-6-9-13)16-12(2)15-10-7-11-17-15/h7,10-14,16H,3-6,8-9H2,1-2H3. The van der Waals surface area contributed by atoms with E-state index in [2.05, 4.69) is 36.7 Å². The summed E-state index contributed by atoms with van der Waals surface area (Å²) in [4.78, 5) is 1.47. The molecule has 0 aliphatic heterocycles. The van der Waals surface area contributed by atoms with E-state index in [1.54, 1.807) is 0 Å². The van der Waals surface area contributed by atoms with Crippen LogP contribution in [0.25, 0.3) is 0 Å². The van der Waals surface area contributed by atoms with Crippen LogP contribution in [-0.2, 0) is 0 Å². The SMILES string of the molecule is CCC(NC(C)c1cccs1)C1CCCCC1. The highest BCUT2D eigenvalue weighted by molar-refractivity contribution is 7.10. The summed E-state index contributed by atoms with van der Waals surface area (Å²) in [5.74, 6) is 0.913. The molecule has 2 heteroatoms. The molecule has 0 spiro atoms. The molecule has 2 unspecified atom stereocenters. The minimum atomic E-state index is 0.516. The molecule has 0 amide bonds. The Bertz CT molecular complexity index is 301. The normalized spacial score (nSPS) is 21.3. The van der Waals surface area contributed by atoms with Crippen molar-refractivity contribution in [2.45, 2.75) is 64.5 Å². The molecule has 1 aromatic heterocycles. The molecule has 2 rings (SSSR count). The van der Waals surface area contributed by atoms with Crippen LogP contribution in [0, 0.1) is 5.92 Å². The molecule has 1 heterocycles. The summed E-state index contributed by atoms with van der Waals surface area (Å²) in [6.45, 7) is 4.63. The van der Waals surface area contributed by atoms with E-state index in [0.717, 1.165) is 5.92 Å². The number of hydrogen-bond donors (Lipinski definition) is 1. The van der Waals surface area contributed by atoms with Crippen molar-refractivity contribution in [3.8, 4) is 0 Å². The maximum atomic E-state index is 3.85. The first-order valence-electron chi connectivity index (χ1n) is 7.10. The van der Waals surface area contributed by atoms with Crippen LogP contribution >= 0.6 is 11.3 Å². The zero-order valence-corrected chi connectivity index (χ0v) is 11.9. The smallest absolute Gasteiger partial charge is 0.0388 e. The molecule has 1 aliphatic rings. The van der Waals surface area contributed by atoms with Gasteiger partial charge in [-0.15, -0.1) is 11.3 Å². The first-order valence-corrected chi connectivity index (χ1v) is 7.98. The van der Waals surface area contributed by atoms with Crippen molar-refractivity contribution < 1.29 is 0 Å². The summed E-state index contributed by atoms with van der Waals surface area (Å²) in [5, 5.41) is 6.02. The number of nitrogens with one attached hydrogen (secondary N) is 1. The van der Waals surface area contributed by atoms with Crippen LogP contribution in [0.15, 0.2) is 17.5 Å². The maximum absolute atomic E-state index is 3.85. The fourth-order valence-electron chi connectivity index (χ4n) is 3.06. The highest BCUT2D eigenvalue weighted by atomic mass is 32.1. The lowest BCUT2D eigenvalue weighted by Gasteiger charge is -2.32. The van der Waals surface area contributed by atoms with Crippen LogP contribution in [0.5, 0.6) is 0 Å². The summed E-state index contributed by atoms with van der Waals surface area (Å²) in [7, 11) is 0. The summed E-state index contributed by atoms with van der Waals surface area (Å²) >= 11 is 1.87. The lowest BCUT2D eigenvalue weighted by molar-refractivity contribution is 0.250. The minimum absolute atomic E-state index is 0.516. The Kier molecular flexibility index (Phi) is 5.05. The van der Waals surface area contributed by atoms with Gasteiger partial charge in [0, 0.05) is 17.0 Å². The van der Waals surface area contributed by atoms with Crippen molar-refractivity contribution in [1.82, 2.24) is 5.32 Å². The largest absolute Gasteiger partial charge is 0.306 e. The van der Waals surface area contributed by atoms with E-state index >= 15 is 0 Å². The maximum Gasteiger partial charge on any atom is 0.0388 e. The second kappa shape index (κ2) is 6.55. The van der Waals surface area contributed by atoms with Crippen LogP contribution in [-0.4, -0.2) is 6.04 Å². The predicted molar refractivity (Wildman–Crippen MR) is 76.5 cm³/mol. The van der Waals surface area contributed by atoms with Crippen molar-refractivity contribution in [1.29, 1.82) is 0 Å². The van der Waals surface area contributed by atoms with Gasteiger partial charge in [-0.3, -0.25) is 0 Å². The van der Waals surface area contributed by atoms with E-state index in [1.165, 1.54) is 43.4 Å². The Morgan fingerprint density at radius 3 is 2.71 bits per heavy atom. The van der Waals surface area contributed by atoms with E-state index < -0.39 is 0 Å². The Morgan fingerprint density at radius 1 is 1.35 bits per heavy atom. The Balaban J connectivity index is 1.90. The minimum Gasteiger partial charge on any atom is -0.306 e.